The summed E-state index contributed by atoms with van der Waals surface area (Å²) in [7, 11) is 0. The summed E-state index contributed by atoms with van der Waals surface area (Å²) in [6.07, 6.45) is 1.79. The quantitative estimate of drug-likeness (QED) is 0.166. The van der Waals surface area contributed by atoms with Gasteiger partial charge in [0.05, 0.1) is 22.2 Å². The van der Waals surface area contributed by atoms with E-state index in [-0.39, 0.29) is 0 Å². The summed E-state index contributed by atoms with van der Waals surface area (Å²) in [6.45, 7) is 0. The minimum Gasteiger partial charge on any atom is -0.438 e. The van der Waals surface area contributed by atoms with E-state index in [1.165, 1.54) is 42.2 Å². The van der Waals surface area contributed by atoms with Crippen LogP contribution in [-0.4, -0.2) is 19.5 Å². The summed E-state index contributed by atoms with van der Waals surface area (Å²) < 4.78 is 11.1. The monoisotopic (exact) mass is 820 g/mol. The summed E-state index contributed by atoms with van der Waals surface area (Å²) in [6, 6.07) is 67.3. The third-order valence-corrected chi connectivity index (χ3v) is 14.1. The molecule has 6 heteroatoms. The molecule has 0 fully saturated rings. The van der Waals surface area contributed by atoms with E-state index in [0.717, 1.165) is 82.6 Å². The molecule has 14 rings (SSSR count). The molecule has 0 saturated heterocycles. The van der Waals surface area contributed by atoms with Gasteiger partial charge in [-0.15, -0.1) is 11.3 Å². The molecule has 5 heterocycles. The van der Waals surface area contributed by atoms with Crippen LogP contribution in [0.3, 0.4) is 0 Å². The zero-order valence-corrected chi connectivity index (χ0v) is 34.4. The van der Waals surface area contributed by atoms with Crippen molar-refractivity contribution in [2.45, 2.75) is 0 Å². The molecule has 5 nitrogen and oxygen atoms in total. The number of aromatic nitrogens is 4. The number of rotatable bonds is 4. The highest BCUT2D eigenvalue weighted by atomic mass is 32.1. The van der Waals surface area contributed by atoms with Gasteiger partial charge in [0.25, 0.3) is 0 Å². The molecule has 0 aliphatic carbocycles. The lowest BCUT2D eigenvalue weighted by Gasteiger charge is -2.20. The van der Waals surface area contributed by atoms with Crippen LogP contribution in [0, 0.1) is 0 Å². The van der Waals surface area contributed by atoms with Gasteiger partial charge in [-0.1, -0.05) is 127 Å². The van der Waals surface area contributed by atoms with Gasteiger partial charge >= 0.3 is 0 Å². The van der Waals surface area contributed by atoms with Crippen LogP contribution in [0.1, 0.15) is 0 Å². The van der Waals surface area contributed by atoms with Crippen molar-refractivity contribution >= 4 is 85.8 Å². The zero-order valence-electron chi connectivity index (χ0n) is 33.6. The summed E-state index contributed by atoms with van der Waals surface area (Å²) in [5.41, 5.74) is 11.9. The fourth-order valence-corrected chi connectivity index (χ4v) is 11.1. The second-order valence-corrected chi connectivity index (χ2v) is 17.4. The van der Waals surface area contributed by atoms with Crippen LogP contribution in [0.15, 0.2) is 194 Å². The molecular formula is C57H32N4OS. The van der Waals surface area contributed by atoms with Crippen LogP contribution in [-0.2, 0) is 0 Å². The van der Waals surface area contributed by atoms with Gasteiger partial charge in [-0.2, -0.15) is 0 Å². The Morgan fingerprint density at radius 3 is 2.08 bits per heavy atom. The van der Waals surface area contributed by atoms with Crippen molar-refractivity contribution in [1.82, 2.24) is 19.5 Å². The van der Waals surface area contributed by atoms with E-state index in [9.17, 15) is 0 Å². The topological polar surface area (TPSA) is 52.8 Å². The van der Waals surface area contributed by atoms with Crippen LogP contribution in [0.5, 0.6) is 11.6 Å². The SMILES string of the molecule is c1ccc(-c2ccc(-c3nc(-n4c5ccccc5c5cc(-c6ccc7sc8c9cccc%10c9c(cc8c7c6)-c6cccnc6O%10)ccc54)nc4c3ccc3ccccc34)cc2)cc1. The van der Waals surface area contributed by atoms with Gasteiger partial charge in [0.15, 0.2) is 0 Å². The molecule has 63 heavy (non-hydrogen) atoms. The number of fused-ring (bicyclic) bond motifs is 12. The van der Waals surface area contributed by atoms with Crippen LogP contribution >= 0.6 is 11.3 Å². The fraction of sp³-hybridized carbons (Fsp3) is 0. The Balaban J connectivity index is 0.955. The molecular weight excluding hydrogens is 789 g/mol. The molecule has 1 aliphatic heterocycles. The summed E-state index contributed by atoms with van der Waals surface area (Å²) >= 11 is 1.85. The van der Waals surface area contributed by atoms with Gasteiger partial charge in [0.2, 0.25) is 11.8 Å². The first-order valence-electron chi connectivity index (χ1n) is 21.2. The van der Waals surface area contributed by atoms with Gasteiger partial charge < -0.3 is 4.74 Å². The number of hydrogen-bond donors (Lipinski definition) is 0. The Morgan fingerprint density at radius 1 is 0.444 bits per heavy atom. The second kappa shape index (κ2) is 13.2. The Kier molecular flexibility index (Phi) is 7.21. The number of benzene rings is 9. The van der Waals surface area contributed by atoms with Crippen molar-refractivity contribution in [1.29, 1.82) is 0 Å². The maximum Gasteiger partial charge on any atom is 0.235 e. The highest BCUT2D eigenvalue weighted by molar-refractivity contribution is 7.26. The molecule has 4 aromatic heterocycles. The largest absolute Gasteiger partial charge is 0.438 e. The fourth-order valence-electron chi connectivity index (χ4n) is 9.92. The smallest absolute Gasteiger partial charge is 0.235 e. The Bertz CT molecular complexity index is 4060. The van der Waals surface area contributed by atoms with Gasteiger partial charge in [-0.3, -0.25) is 4.57 Å². The molecule has 1 aliphatic rings. The molecule has 0 amide bonds. The second-order valence-electron chi connectivity index (χ2n) is 16.3. The standard InChI is InChI=1S/C57H32N4OS/c1-2-10-33(11-3-1)34-19-21-36(22-20-34)53-43-26-23-35-12-4-5-13-39(35)54(43)60-57(59-53)61-48-17-7-6-14-40(48)44-30-37(24-27-49(44)61)38-25-28-51-45(31-38)47-32-46-41-16-9-29-58-56(41)62-50-18-8-15-42(52(46)50)55(47)63-51/h1-32H. The third kappa shape index (κ3) is 5.13. The molecule has 0 unspecified atom stereocenters. The maximum atomic E-state index is 6.31. The normalized spacial score (nSPS) is 12.3. The van der Waals surface area contributed by atoms with Crippen LogP contribution < -0.4 is 4.74 Å². The molecule has 0 saturated carbocycles. The average molecular weight is 821 g/mol. The van der Waals surface area contributed by atoms with Crippen LogP contribution in [0.2, 0.25) is 0 Å². The zero-order chi connectivity index (χ0) is 41.2. The number of pyridine rings is 1. The number of nitrogens with zero attached hydrogens (tertiary/aromatic N) is 4. The van der Waals surface area contributed by atoms with Crippen molar-refractivity contribution in [3.8, 4) is 62.2 Å². The van der Waals surface area contributed by atoms with E-state index in [4.69, 9.17) is 14.7 Å². The number of ether oxygens (including phenoxy) is 1. The highest BCUT2D eigenvalue weighted by Gasteiger charge is 2.24. The average Bonchev–Trinajstić information content (AvgIpc) is 3.89. The van der Waals surface area contributed by atoms with Crippen molar-refractivity contribution in [3.05, 3.63) is 194 Å². The maximum absolute atomic E-state index is 6.31. The number of thiophene rings is 1. The minimum atomic E-state index is 0.646. The first-order valence-corrected chi connectivity index (χ1v) is 22.0. The Hall–Kier alpha value is -8.19. The lowest BCUT2D eigenvalue weighted by atomic mass is 9.93. The predicted octanol–water partition coefficient (Wildman–Crippen LogP) is 15.6. The first-order chi connectivity index (χ1) is 31.2. The number of para-hydroxylation sites is 1. The van der Waals surface area contributed by atoms with Crippen molar-refractivity contribution in [2.24, 2.45) is 0 Å². The third-order valence-electron chi connectivity index (χ3n) is 12.9. The molecule has 0 spiro atoms. The molecule has 292 valence electrons. The lowest BCUT2D eigenvalue weighted by molar-refractivity contribution is 0.467. The van der Waals surface area contributed by atoms with E-state index in [1.807, 2.05) is 23.5 Å². The van der Waals surface area contributed by atoms with Crippen molar-refractivity contribution < 1.29 is 4.74 Å². The van der Waals surface area contributed by atoms with E-state index >= 15 is 0 Å². The summed E-state index contributed by atoms with van der Waals surface area (Å²) in [4.78, 5) is 15.5. The minimum absolute atomic E-state index is 0.646. The van der Waals surface area contributed by atoms with Crippen molar-refractivity contribution in [3.63, 3.8) is 0 Å². The Morgan fingerprint density at radius 2 is 1.17 bits per heavy atom. The summed E-state index contributed by atoms with van der Waals surface area (Å²) in [5.74, 6) is 2.16. The predicted molar refractivity (Wildman–Crippen MR) is 261 cm³/mol. The highest BCUT2D eigenvalue weighted by Crippen LogP contribution is 2.51. The van der Waals surface area contributed by atoms with Gasteiger partial charge in [0.1, 0.15) is 5.75 Å². The number of hydrogen-bond acceptors (Lipinski definition) is 5. The van der Waals surface area contributed by atoms with Gasteiger partial charge in [-0.05, 0) is 93.9 Å². The van der Waals surface area contributed by atoms with E-state index in [0.29, 0.717) is 11.8 Å². The molecule has 9 aromatic carbocycles. The molecule has 13 aromatic rings. The molecule has 0 bridgehead atoms. The first kappa shape index (κ1) is 34.5. The Labute approximate surface area is 364 Å². The summed E-state index contributed by atoms with van der Waals surface area (Å²) in [5, 5.41) is 10.4. The van der Waals surface area contributed by atoms with Crippen LogP contribution in [0.25, 0.3) is 125 Å². The molecule has 0 atom stereocenters. The van der Waals surface area contributed by atoms with Crippen molar-refractivity contribution in [2.75, 3.05) is 0 Å². The van der Waals surface area contributed by atoms with E-state index in [2.05, 4.69) is 185 Å². The molecule has 0 radical (unpaired) electrons. The van der Waals surface area contributed by atoms with E-state index < -0.39 is 0 Å². The van der Waals surface area contributed by atoms with E-state index in [1.54, 1.807) is 6.20 Å². The lowest BCUT2D eigenvalue weighted by Crippen LogP contribution is -2.03. The molecule has 0 N–H and O–H groups in total. The van der Waals surface area contributed by atoms with Crippen LogP contribution in [0.4, 0.5) is 0 Å². The van der Waals surface area contributed by atoms with Gasteiger partial charge in [0, 0.05) is 69.8 Å². The van der Waals surface area contributed by atoms with Gasteiger partial charge in [-0.25, -0.2) is 15.0 Å².